The maximum Gasteiger partial charge on any atom is 0.326 e. The van der Waals surface area contributed by atoms with Crippen LogP contribution in [0.3, 0.4) is 0 Å². The van der Waals surface area contributed by atoms with Crippen LogP contribution in [-0.4, -0.2) is 75.4 Å². The fraction of sp³-hybridized carbons (Fsp3) is 0.478. The average Bonchev–Trinajstić information content (AvgIpc) is 3.26. The van der Waals surface area contributed by atoms with Gasteiger partial charge in [0.2, 0.25) is 17.7 Å². The van der Waals surface area contributed by atoms with Crippen molar-refractivity contribution >= 4 is 47.2 Å². The lowest BCUT2D eigenvalue weighted by Gasteiger charge is -2.27. The highest BCUT2D eigenvalue weighted by Gasteiger charge is 2.32. The Morgan fingerprint density at radius 3 is 2.31 bits per heavy atom. The van der Waals surface area contributed by atoms with E-state index in [2.05, 4.69) is 33.6 Å². The number of carbonyl (C=O) groups is 4. The molecule has 1 aromatic carbocycles. The van der Waals surface area contributed by atoms with Gasteiger partial charge in [-0.15, -0.1) is 0 Å². The van der Waals surface area contributed by atoms with Gasteiger partial charge in [0.15, 0.2) is 0 Å². The molecule has 3 amide bonds. The summed E-state index contributed by atoms with van der Waals surface area (Å²) in [5.74, 6) is -3.63. The fourth-order valence-electron chi connectivity index (χ4n) is 3.49. The Labute approximate surface area is 208 Å². The molecule has 0 saturated carbocycles. The predicted octanol–water partition coefficient (Wildman–Crippen LogP) is -0.455. The van der Waals surface area contributed by atoms with E-state index in [4.69, 9.17) is 5.73 Å². The molecule has 0 aliphatic heterocycles. The van der Waals surface area contributed by atoms with Crippen LogP contribution in [0.1, 0.15) is 25.8 Å². The number of H-pyrrole nitrogens is 1. The van der Waals surface area contributed by atoms with Crippen molar-refractivity contribution in [1.29, 1.82) is 0 Å². The van der Waals surface area contributed by atoms with Gasteiger partial charge in [0.05, 0.1) is 12.6 Å². The lowest BCUT2D eigenvalue weighted by Crippen LogP contribution is -2.59. The molecule has 35 heavy (non-hydrogen) atoms. The van der Waals surface area contributed by atoms with Crippen molar-refractivity contribution in [2.24, 2.45) is 11.7 Å². The standard InChI is InChI=1S/C23H33N5O6S/c1-3-12(2)19(28-20(30)15(24)11-35)22(32)27-18(10-29)21(31)26-17(23(33)34)8-13-9-25-16-7-5-4-6-14(13)16/h4-7,9,12,15,17-19,25,29,35H,3,8,10-11,24H2,1-2H3,(H,26,31)(H,27,32)(H,28,30)(H,33,34). The van der Waals surface area contributed by atoms with Crippen molar-refractivity contribution in [3.63, 3.8) is 0 Å². The van der Waals surface area contributed by atoms with Crippen molar-refractivity contribution < 1.29 is 29.4 Å². The van der Waals surface area contributed by atoms with E-state index < -0.39 is 54.5 Å². The van der Waals surface area contributed by atoms with Gasteiger partial charge in [-0.1, -0.05) is 38.5 Å². The van der Waals surface area contributed by atoms with Crippen LogP contribution < -0.4 is 21.7 Å². The molecule has 1 heterocycles. The fourth-order valence-corrected chi connectivity index (χ4v) is 3.66. The number of nitrogens with one attached hydrogen (secondary N) is 4. The van der Waals surface area contributed by atoms with E-state index in [1.54, 1.807) is 13.1 Å². The number of rotatable bonds is 13. The van der Waals surface area contributed by atoms with Gasteiger partial charge >= 0.3 is 5.97 Å². The van der Waals surface area contributed by atoms with Crippen molar-refractivity contribution in [3.8, 4) is 0 Å². The van der Waals surface area contributed by atoms with Crippen LogP contribution >= 0.6 is 12.6 Å². The summed E-state index contributed by atoms with van der Waals surface area (Å²) in [6.45, 7) is 2.80. The zero-order valence-electron chi connectivity index (χ0n) is 19.7. The second-order valence-electron chi connectivity index (χ2n) is 8.37. The lowest BCUT2D eigenvalue weighted by molar-refractivity contribution is -0.142. The second-order valence-corrected chi connectivity index (χ2v) is 8.73. The van der Waals surface area contributed by atoms with Gasteiger partial charge in [0.25, 0.3) is 0 Å². The number of aromatic amines is 1. The van der Waals surface area contributed by atoms with Crippen molar-refractivity contribution in [3.05, 3.63) is 36.0 Å². The lowest BCUT2D eigenvalue weighted by atomic mass is 9.97. The van der Waals surface area contributed by atoms with Gasteiger partial charge in [-0.2, -0.15) is 12.6 Å². The largest absolute Gasteiger partial charge is 0.480 e. The van der Waals surface area contributed by atoms with E-state index in [0.717, 1.165) is 10.9 Å². The minimum atomic E-state index is -1.42. The number of aliphatic hydroxyl groups excluding tert-OH is 1. The molecule has 11 nitrogen and oxygen atoms in total. The third-order valence-corrected chi connectivity index (χ3v) is 6.25. The summed E-state index contributed by atoms with van der Waals surface area (Å²) in [5.41, 5.74) is 7.19. The first-order valence-electron chi connectivity index (χ1n) is 11.3. The number of hydrogen-bond donors (Lipinski definition) is 8. The van der Waals surface area contributed by atoms with Crippen molar-refractivity contribution in [2.75, 3.05) is 12.4 Å². The van der Waals surface area contributed by atoms with E-state index in [1.807, 2.05) is 31.2 Å². The Morgan fingerprint density at radius 1 is 1.06 bits per heavy atom. The average molecular weight is 508 g/mol. The van der Waals surface area contributed by atoms with Crippen LogP contribution in [-0.2, 0) is 25.6 Å². The number of carbonyl (C=O) groups excluding carboxylic acids is 3. The van der Waals surface area contributed by atoms with Crippen LogP contribution in [0.2, 0.25) is 0 Å². The molecule has 192 valence electrons. The summed E-state index contributed by atoms with van der Waals surface area (Å²) in [6, 6.07) is 2.69. The number of carboxylic acids is 1. The number of thiol groups is 1. The summed E-state index contributed by atoms with van der Waals surface area (Å²) >= 11 is 3.98. The molecule has 0 spiro atoms. The van der Waals surface area contributed by atoms with Crippen LogP contribution in [0.15, 0.2) is 30.5 Å². The van der Waals surface area contributed by atoms with E-state index in [-0.39, 0.29) is 18.1 Å². The van der Waals surface area contributed by atoms with Crippen molar-refractivity contribution in [1.82, 2.24) is 20.9 Å². The van der Waals surface area contributed by atoms with Gasteiger partial charge in [0, 0.05) is 29.3 Å². The SMILES string of the molecule is CCC(C)C(NC(=O)C(N)CS)C(=O)NC(CO)C(=O)NC(Cc1c[nH]c2ccccc12)C(=O)O. The van der Waals surface area contributed by atoms with Crippen LogP contribution in [0.5, 0.6) is 0 Å². The number of para-hydroxylation sites is 1. The smallest absolute Gasteiger partial charge is 0.326 e. The topological polar surface area (TPSA) is 187 Å². The Hall–Kier alpha value is -3.09. The molecule has 8 N–H and O–H groups in total. The zero-order chi connectivity index (χ0) is 26.1. The number of aromatic nitrogens is 1. The maximum absolute atomic E-state index is 12.9. The van der Waals surface area contributed by atoms with Crippen LogP contribution in [0.25, 0.3) is 10.9 Å². The minimum absolute atomic E-state index is 0.00957. The Morgan fingerprint density at radius 2 is 1.71 bits per heavy atom. The molecule has 0 radical (unpaired) electrons. The normalized spacial score (nSPS) is 15.5. The van der Waals surface area contributed by atoms with Crippen molar-refractivity contribution in [2.45, 2.75) is 50.9 Å². The third kappa shape index (κ3) is 7.44. The molecule has 0 aliphatic carbocycles. The molecule has 5 unspecified atom stereocenters. The van der Waals surface area contributed by atoms with Gasteiger partial charge in [-0.05, 0) is 17.5 Å². The zero-order valence-corrected chi connectivity index (χ0v) is 20.5. The van der Waals surface area contributed by atoms with Crippen LogP contribution in [0.4, 0.5) is 0 Å². The highest BCUT2D eigenvalue weighted by atomic mass is 32.1. The Bertz CT molecular complexity index is 1040. The summed E-state index contributed by atoms with van der Waals surface area (Å²) < 4.78 is 0. The molecule has 2 aromatic rings. The molecule has 0 aliphatic rings. The minimum Gasteiger partial charge on any atom is -0.480 e. The number of benzene rings is 1. The molecule has 5 atom stereocenters. The molecule has 0 bridgehead atoms. The number of aliphatic hydroxyl groups is 1. The molecule has 1 aromatic heterocycles. The molecule has 12 heteroatoms. The number of nitrogens with two attached hydrogens (primary N) is 1. The van der Waals surface area contributed by atoms with Crippen LogP contribution in [0, 0.1) is 5.92 Å². The number of carboxylic acid groups (broad SMARTS) is 1. The summed E-state index contributed by atoms with van der Waals surface area (Å²) in [6.07, 6.45) is 2.20. The van der Waals surface area contributed by atoms with E-state index in [9.17, 15) is 29.4 Å². The Kier molecular flexibility index (Phi) is 10.6. The van der Waals surface area contributed by atoms with E-state index in [1.165, 1.54) is 0 Å². The number of hydrogen-bond acceptors (Lipinski definition) is 7. The summed E-state index contributed by atoms with van der Waals surface area (Å²) in [7, 11) is 0. The first-order valence-corrected chi connectivity index (χ1v) is 11.9. The highest BCUT2D eigenvalue weighted by molar-refractivity contribution is 7.80. The first-order chi connectivity index (χ1) is 16.6. The van der Waals surface area contributed by atoms with Gasteiger partial charge in [0.1, 0.15) is 18.1 Å². The number of amides is 3. The first kappa shape index (κ1) is 28.1. The molecule has 0 saturated heterocycles. The highest BCUT2D eigenvalue weighted by Crippen LogP contribution is 2.19. The summed E-state index contributed by atoms with van der Waals surface area (Å²) in [4.78, 5) is 52.8. The van der Waals surface area contributed by atoms with Gasteiger partial charge < -0.3 is 36.9 Å². The monoisotopic (exact) mass is 507 g/mol. The third-order valence-electron chi connectivity index (χ3n) is 5.86. The molecule has 0 fully saturated rings. The quantitative estimate of drug-likeness (QED) is 0.169. The number of fused-ring (bicyclic) bond motifs is 1. The Balaban J connectivity index is 2.11. The molecule has 2 rings (SSSR count). The molecular formula is C23H33N5O6S. The van der Waals surface area contributed by atoms with E-state index in [0.29, 0.717) is 12.0 Å². The molecular weight excluding hydrogens is 474 g/mol. The maximum atomic E-state index is 12.9. The second kappa shape index (κ2) is 13.1. The van der Waals surface area contributed by atoms with Gasteiger partial charge in [-0.25, -0.2) is 4.79 Å². The van der Waals surface area contributed by atoms with E-state index >= 15 is 0 Å². The predicted molar refractivity (Wildman–Crippen MR) is 134 cm³/mol. The number of aliphatic carboxylic acids is 1. The van der Waals surface area contributed by atoms with Gasteiger partial charge in [-0.3, -0.25) is 14.4 Å². The summed E-state index contributed by atoms with van der Waals surface area (Å²) in [5, 5.41) is 27.6.